The Morgan fingerprint density at radius 1 is 1.26 bits per heavy atom. The van der Waals surface area contributed by atoms with Gasteiger partial charge in [-0.15, -0.1) is 0 Å². The molecular formula is C14H17Cl2NO2. The van der Waals surface area contributed by atoms with E-state index in [0.29, 0.717) is 15.5 Å². The molecule has 0 atom stereocenters. The summed E-state index contributed by atoms with van der Waals surface area (Å²) in [4.78, 5) is 13.1. The van der Waals surface area contributed by atoms with Crippen LogP contribution in [0.2, 0.25) is 10.0 Å². The summed E-state index contributed by atoms with van der Waals surface area (Å²) in [5.41, 5.74) is 1.22. The van der Waals surface area contributed by atoms with E-state index in [2.05, 4.69) is 18.7 Å². The molecule has 0 amide bonds. The molecule has 0 saturated carbocycles. The van der Waals surface area contributed by atoms with Gasteiger partial charge in [0.25, 0.3) is 0 Å². The van der Waals surface area contributed by atoms with Gasteiger partial charge in [-0.3, -0.25) is 0 Å². The van der Waals surface area contributed by atoms with Gasteiger partial charge in [0.05, 0.1) is 21.3 Å². The number of hydrogen-bond donors (Lipinski definition) is 1. The number of aromatic carboxylic acids is 1. The third-order valence-corrected chi connectivity index (χ3v) is 4.71. The molecule has 1 heterocycles. The van der Waals surface area contributed by atoms with E-state index in [4.69, 9.17) is 28.3 Å². The number of benzene rings is 1. The Kier molecular flexibility index (Phi) is 3.98. The van der Waals surface area contributed by atoms with Gasteiger partial charge in [0.2, 0.25) is 0 Å². The van der Waals surface area contributed by atoms with Crippen molar-refractivity contribution < 1.29 is 9.90 Å². The Morgan fingerprint density at radius 2 is 1.74 bits per heavy atom. The lowest BCUT2D eigenvalue weighted by Crippen LogP contribution is -2.56. The van der Waals surface area contributed by atoms with Crippen LogP contribution in [0.25, 0.3) is 0 Å². The minimum Gasteiger partial charge on any atom is -0.478 e. The average molecular weight is 302 g/mol. The molecule has 1 N–H and O–H groups in total. The molecule has 0 spiro atoms. The van der Waals surface area contributed by atoms with Gasteiger partial charge in [0.1, 0.15) is 0 Å². The first-order chi connectivity index (χ1) is 8.92. The second kappa shape index (κ2) is 5.22. The number of rotatable bonds is 4. The molecule has 0 unspecified atom stereocenters. The molecule has 0 bridgehead atoms. The second-order valence-electron chi connectivity index (χ2n) is 5.16. The lowest BCUT2D eigenvalue weighted by Gasteiger charge is -2.51. The van der Waals surface area contributed by atoms with Gasteiger partial charge < -0.3 is 10.0 Å². The minimum atomic E-state index is -1.02. The number of carboxylic acids is 1. The summed E-state index contributed by atoms with van der Waals surface area (Å²) in [6.45, 7) is 6.23. The van der Waals surface area contributed by atoms with E-state index < -0.39 is 5.97 Å². The van der Waals surface area contributed by atoms with E-state index in [-0.39, 0.29) is 5.56 Å². The van der Waals surface area contributed by atoms with E-state index in [9.17, 15) is 4.79 Å². The van der Waals surface area contributed by atoms with Crippen molar-refractivity contribution in [3.8, 4) is 0 Å². The van der Waals surface area contributed by atoms with Crippen LogP contribution in [0.15, 0.2) is 12.1 Å². The van der Waals surface area contributed by atoms with Gasteiger partial charge in [-0.05, 0) is 25.0 Å². The number of carboxylic acid groups (broad SMARTS) is 1. The standard InChI is InChI=1S/C14H17Cl2NO2/c1-3-14(4-2)7-17(8-14)12-10(15)5-9(13(18)19)6-11(12)16/h5-6H,3-4,7-8H2,1-2H3,(H,18,19). The van der Waals surface area contributed by atoms with Crippen molar-refractivity contribution in [1.82, 2.24) is 0 Å². The Morgan fingerprint density at radius 3 is 2.11 bits per heavy atom. The number of halogens is 2. The monoisotopic (exact) mass is 301 g/mol. The maximum atomic E-state index is 10.9. The Balaban J connectivity index is 2.26. The molecule has 0 aromatic heterocycles. The third-order valence-electron chi connectivity index (χ3n) is 4.13. The number of anilines is 1. The Labute approximate surface area is 123 Å². The molecule has 1 aliphatic heterocycles. The topological polar surface area (TPSA) is 40.5 Å². The molecule has 1 aromatic rings. The fourth-order valence-electron chi connectivity index (χ4n) is 2.61. The third kappa shape index (κ3) is 2.54. The van der Waals surface area contributed by atoms with Crippen molar-refractivity contribution in [2.24, 2.45) is 5.41 Å². The largest absolute Gasteiger partial charge is 0.478 e. The normalized spacial score (nSPS) is 17.2. The molecule has 0 aliphatic carbocycles. The fraction of sp³-hybridized carbons (Fsp3) is 0.500. The fourth-order valence-corrected chi connectivity index (χ4v) is 3.34. The maximum absolute atomic E-state index is 10.9. The molecule has 3 nitrogen and oxygen atoms in total. The molecule has 1 fully saturated rings. The molecule has 19 heavy (non-hydrogen) atoms. The first-order valence-electron chi connectivity index (χ1n) is 6.39. The Hall–Kier alpha value is -0.930. The van der Waals surface area contributed by atoms with Crippen molar-refractivity contribution in [2.75, 3.05) is 18.0 Å². The molecule has 1 aromatic carbocycles. The summed E-state index contributed by atoms with van der Waals surface area (Å²) >= 11 is 12.4. The highest BCUT2D eigenvalue weighted by Gasteiger charge is 2.41. The lowest BCUT2D eigenvalue weighted by molar-refractivity contribution is 0.0697. The molecular weight excluding hydrogens is 285 g/mol. The van der Waals surface area contributed by atoms with Crippen LogP contribution in [0.4, 0.5) is 5.69 Å². The van der Waals surface area contributed by atoms with E-state index in [1.54, 1.807) is 0 Å². The molecule has 5 heteroatoms. The zero-order chi connectivity index (χ0) is 14.2. The van der Waals surface area contributed by atoms with Crippen LogP contribution in [0, 0.1) is 5.41 Å². The van der Waals surface area contributed by atoms with E-state index in [0.717, 1.165) is 31.6 Å². The molecule has 2 rings (SSSR count). The number of carbonyl (C=O) groups is 1. The van der Waals surface area contributed by atoms with Crippen molar-refractivity contribution >= 4 is 34.9 Å². The zero-order valence-electron chi connectivity index (χ0n) is 11.0. The SMILES string of the molecule is CCC1(CC)CN(c2c(Cl)cc(C(=O)O)cc2Cl)C1. The van der Waals surface area contributed by atoms with Crippen LogP contribution in [-0.4, -0.2) is 24.2 Å². The molecule has 104 valence electrons. The van der Waals surface area contributed by atoms with Gasteiger partial charge in [-0.25, -0.2) is 4.79 Å². The van der Waals surface area contributed by atoms with Gasteiger partial charge in [0.15, 0.2) is 0 Å². The predicted octanol–water partition coefficient (Wildman–Crippen LogP) is 4.32. The summed E-state index contributed by atoms with van der Waals surface area (Å²) in [6, 6.07) is 2.92. The van der Waals surface area contributed by atoms with Crippen LogP contribution in [0.5, 0.6) is 0 Å². The van der Waals surface area contributed by atoms with Crippen molar-refractivity contribution in [3.05, 3.63) is 27.7 Å². The summed E-state index contributed by atoms with van der Waals surface area (Å²) in [7, 11) is 0. The highest BCUT2D eigenvalue weighted by molar-refractivity contribution is 6.39. The molecule has 0 radical (unpaired) electrons. The quantitative estimate of drug-likeness (QED) is 0.900. The average Bonchev–Trinajstić information content (AvgIpc) is 2.31. The smallest absolute Gasteiger partial charge is 0.335 e. The molecule has 1 aliphatic rings. The summed E-state index contributed by atoms with van der Waals surface area (Å²) in [5.74, 6) is -1.02. The van der Waals surface area contributed by atoms with E-state index >= 15 is 0 Å². The van der Waals surface area contributed by atoms with E-state index in [1.807, 2.05) is 0 Å². The van der Waals surface area contributed by atoms with E-state index in [1.165, 1.54) is 12.1 Å². The second-order valence-corrected chi connectivity index (χ2v) is 5.97. The first kappa shape index (κ1) is 14.5. The van der Waals surface area contributed by atoms with Gasteiger partial charge in [-0.1, -0.05) is 37.0 Å². The maximum Gasteiger partial charge on any atom is 0.335 e. The highest BCUT2D eigenvalue weighted by atomic mass is 35.5. The number of hydrogen-bond acceptors (Lipinski definition) is 2. The van der Waals surface area contributed by atoms with Crippen LogP contribution in [0.3, 0.4) is 0 Å². The highest BCUT2D eigenvalue weighted by Crippen LogP contribution is 2.45. The van der Waals surface area contributed by atoms with Gasteiger partial charge >= 0.3 is 5.97 Å². The summed E-state index contributed by atoms with van der Waals surface area (Å²) < 4.78 is 0. The summed E-state index contributed by atoms with van der Waals surface area (Å²) in [5, 5.41) is 9.78. The van der Waals surface area contributed by atoms with Crippen LogP contribution in [0.1, 0.15) is 37.0 Å². The van der Waals surface area contributed by atoms with Gasteiger partial charge in [-0.2, -0.15) is 0 Å². The van der Waals surface area contributed by atoms with Crippen molar-refractivity contribution in [1.29, 1.82) is 0 Å². The van der Waals surface area contributed by atoms with Crippen molar-refractivity contribution in [2.45, 2.75) is 26.7 Å². The predicted molar refractivity (Wildman–Crippen MR) is 78.6 cm³/mol. The Bertz CT molecular complexity index is 481. The summed E-state index contributed by atoms with van der Waals surface area (Å²) in [6.07, 6.45) is 2.25. The first-order valence-corrected chi connectivity index (χ1v) is 7.15. The van der Waals surface area contributed by atoms with Crippen LogP contribution >= 0.6 is 23.2 Å². The van der Waals surface area contributed by atoms with Crippen LogP contribution in [-0.2, 0) is 0 Å². The van der Waals surface area contributed by atoms with Gasteiger partial charge in [0, 0.05) is 18.5 Å². The van der Waals surface area contributed by atoms with Crippen molar-refractivity contribution in [3.63, 3.8) is 0 Å². The minimum absolute atomic E-state index is 0.122. The molecule has 1 saturated heterocycles. The van der Waals surface area contributed by atoms with Crippen LogP contribution < -0.4 is 4.90 Å². The zero-order valence-corrected chi connectivity index (χ0v) is 12.6. The lowest BCUT2D eigenvalue weighted by atomic mass is 9.75. The number of nitrogens with zero attached hydrogens (tertiary/aromatic N) is 1.